The van der Waals surface area contributed by atoms with Gasteiger partial charge >= 0.3 is 0 Å². The molecule has 2 aromatic rings. The average molecular weight is 338 g/mol. The average Bonchev–Trinajstić information content (AvgIpc) is 3.14. The van der Waals surface area contributed by atoms with Crippen LogP contribution in [0.3, 0.4) is 0 Å². The molecular weight excluding hydrogens is 322 g/mol. The Morgan fingerprint density at radius 1 is 1.14 bits per heavy atom. The monoisotopic (exact) mass is 338 g/mol. The molecule has 2 N–H and O–H groups in total. The second-order valence-electron chi connectivity index (χ2n) is 5.47. The summed E-state index contributed by atoms with van der Waals surface area (Å²) in [6, 6.07) is 7.82. The minimum absolute atomic E-state index is 0.142. The highest BCUT2D eigenvalue weighted by atomic mass is 32.1. The number of nitrogens with one attached hydrogen (secondary N) is 2. The SMILES string of the molecule is Fc1ccc(NC(=S)NC2(c3cccs3)CCCC2)cc1F. The van der Waals surface area contributed by atoms with Crippen molar-refractivity contribution in [2.75, 3.05) is 5.32 Å². The summed E-state index contributed by atoms with van der Waals surface area (Å²) in [4.78, 5) is 1.26. The fourth-order valence-electron chi connectivity index (χ4n) is 2.92. The van der Waals surface area contributed by atoms with E-state index in [1.165, 1.54) is 10.9 Å². The van der Waals surface area contributed by atoms with E-state index in [-0.39, 0.29) is 5.54 Å². The molecule has 22 heavy (non-hydrogen) atoms. The Balaban J connectivity index is 1.73. The molecule has 2 nitrogen and oxygen atoms in total. The van der Waals surface area contributed by atoms with Crippen LogP contribution in [0.4, 0.5) is 14.5 Å². The lowest BCUT2D eigenvalue weighted by Gasteiger charge is -2.31. The second kappa shape index (κ2) is 6.30. The quantitative estimate of drug-likeness (QED) is 0.788. The third kappa shape index (κ3) is 3.13. The summed E-state index contributed by atoms with van der Waals surface area (Å²) in [5, 5.41) is 8.82. The third-order valence-electron chi connectivity index (χ3n) is 3.98. The summed E-state index contributed by atoms with van der Waals surface area (Å²) in [6.45, 7) is 0. The van der Waals surface area contributed by atoms with E-state index in [4.69, 9.17) is 12.2 Å². The smallest absolute Gasteiger partial charge is 0.171 e. The van der Waals surface area contributed by atoms with Crippen LogP contribution >= 0.6 is 23.6 Å². The summed E-state index contributed by atoms with van der Waals surface area (Å²) in [5.74, 6) is -1.75. The Morgan fingerprint density at radius 2 is 1.91 bits per heavy atom. The lowest BCUT2D eigenvalue weighted by atomic mass is 9.96. The largest absolute Gasteiger partial charge is 0.352 e. The van der Waals surface area contributed by atoms with Crippen molar-refractivity contribution in [3.8, 4) is 0 Å². The zero-order valence-corrected chi connectivity index (χ0v) is 13.5. The molecule has 0 saturated heterocycles. The Kier molecular flexibility index (Phi) is 4.40. The molecule has 1 aliphatic carbocycles. The van der Waals surface area contributed by atoms with E-state index < -0.39 is 11.6 Å². The lowest BCUT2D eigenvalue weighted by Crippen LogP contribution is -2.45. The molecule has 1 heterocycles. The van der Waals surface area contributed by atoms with Crippen LogP contribution in [0.2, 0.25) is 0 Å². The molecule has 0 aliphatic heterocycles. The number of thiophene rings is 1. The molecular formula is C16H16F2N2S2. The number of hydrogen-bond donors (Lipinski definition) is 2. The number of hydrogen-bond acceptors (Lipinski definition) is 2. The van der Waals surface area contributed by atoms with Gasteiger partial charge < -0.3 is 10.6 Å². The van der Waals surface area contributed by atoms with Crippen LogP contribution < -0.4 is 10.6 Å². The second-order valence-corrected chi connectivity index (χ2v) is 6.83. The van der Waals surface area contributed by atoms with Crippen molar-refractivity contribution >= 4 is 34.4 Å². The van der Waals surface area contributed by atoms with Gasteiger partial charge in [-0.3, -0.25) is 0 Å². The van der Waals surface area contributed by atoms with Gasteiger partial charge in [0.25, 0.3) is 0 Å². The maximum absolute atomic E-state index is 13.3. The van der Waals surface area contributed by atoms with Gasteiger partial charge in [-0.2, -0.15) is 0 Å². The van der Waals surface area contributed by atoms with Crippen molar-refractivity contribution in [3.63, 3.8) is 0 Å². The Labute approximate surface area is 137 Å². The topological polar surface area (TPSA) is 24.1 Å². The van der Waals surface area contributed by atoms with E-state index in [0.29, 0.717) is 10.8 Å². The van der Waals surface area contributed by atoms with Crippen molar-refractivity contribution in [3.05, 3.63) is 52.2 Å². The predicted octanol–water partition coefficient (Wildman–Crippen LogP) is 4.78. The number of thiocarbonyl (C=S) groups is 1. The van der Waals surface area contributed by atoms with Crippen LogP contribution in [0.25, 0.3) is 0 Å². The maximum Gasteiger partial charge on any atom is 0.171 e. The van der Waals surface area contributed by atoms with E-state index in [0.717, 1.165) is 37.8 Å². The van der Waals surface area contributed by atoms with E-state index >= 15 is 0 Å². The molecule has 0 atom stereocenters. The molecule has 0 spiro atoms. The minimum atomic E-state index is -0.887. The molecule has 6 heteroatoms. The molecule has 1 fully saturated rings. The van der Waals surface area contributed by atoms with E-state index in [1.54, 1.807) is 11.3 Å². The molecule has 1 aromatic carbocycles. The molecule has 1 aliphatic rings. The van der Waals surface area contributed by atoms with E-state index in [1.807, 2.05) is 6.07 Å². The van der Waals surface area contributed by atoms with Crippen molar-refractivity contribution in [2.24, 2.45) is 0 Å². The normalized spacial score (nSPS) is 16.5. The van der Waals surface area contributed by atoms with Crippen LogP contribution in [0.5, 0.6) is 0 Å². The van der Waals surface area contributed by atoms with Crippen LogP contribution in [0, 0.1) is 11.6 Å². The van der Waals surface area contributed by atoms with E-state index in [9.17, 15) is 8.78 Å². The molecule has 1 saturated carbocycles. The number of rotatable bonds is 3. The van der Waals surface area contributed by atoms with Gasteiger partial charge in [-0.15, -0.1) is 11.3 Å². The summed E-state index contributed by atoms with van der Waals surface area (Å²) in [5.41, 5.74) is 0.298. The third-order valence-corrected chi connectivity index (χ3v) is 5.26. The van der Waals surface area contributed by atoms with Crippen LogP contribution in [0.15, 0.2) is 35.7 Å². The molecule has 0 unspecified atom stereocenters. The van der Waals surface area contributed by atoms with Gasteiger partial charge in [-0.25, -0.2) is 8.78 Å². The number of anilines is 1. The van der Waals surface area contributed by atoms with Crippen molar-refractivity contribution in [2.45, 2.75) is 31.2 Å². The standard InChI is InChI=1S/C16H16F2N2S2/c17-12-6-5-11(10-13(12)18)19-15(21)20-16(7-1-2-8-16)14-4-3-9-22-14/h3-6,9-10H,1-2,7-8H2,(H2,19,20,21). The summed E-state index contributed by atoms with van der Waals surface area (Å²) in [6.07, 6.45) is 4.34. The summed E-state index contributed by atoms with van der Waals surface area (Å²) < 4.78 is 26.2. The van der Waals surface area contributed by atoms with E-state index in [2.05, 4.69) is 22.1 Å². The highest BCUT2D eigenvalue weighted by molar-refractivity contribution is 7.80. The first-order chi connectivity index (χ1) is 10.6. The highest BCUT2D eigenvalue weighted by Crippen LogP contribution is 2.40. The van der Waals surface area contributed by atoms with Crippen molar-refractivity contribution < 1.29 is 8.78 Å². The Hall–Kier alpha value is -1.53. The van der Waals surface area contributed by atoms with Crippen molar-refractivity contribution in [1.29, 1.82) is 0 Å². The maximum atomic E-state index is 13.3. The zero-order valence-electron chi connectivity index (χ0n) is 11.9. The highest BCUT2D eigenvalue weighted by Gasteiger charge is 2.37. The number of halogens is 2. The molecule has 0 bridgehead atoms. The van der Waals surface area contributed by atoms with Gasteiger partial charge in [0.2, 0.25) is 0 Å². The first kappa shape index (κ1) is 15.4. The van der Waals surface area contributed by atoms with Gasteiger partial charge in [-0.1, -0.05) is 18.9 Å². The molecule has 0 radical (unpaired) electrons. The van der Waals surface area contributed by atoms with Crippen LogP contribution in [-0.4, -0.2) is 5.11 Å². The van der Waals surface area contributed by atoms with Gasteiger partial charge in [0.15, 0.2) is 16.7 Å². The van der Waals surface area contributed by atoms with Crippen LogP contribution in [-0.2, 0) is 5.54 Å². The minimum Gasteiger partial charge on any atom is -0.352 e. The predicted molar refractivity (Wildman–Crippen MR) is 90.2 cm³/mol. The Morgan fingerprint density at radius 3 is 2.55 bits per heavy atom. The van der Waals surface area contributed by atoms with Gasteiger partial charge in [0, 0.05) is 16.6 Å². The van der Waals surface area contributed by atoms with Gasteiger partial charge in [0.05, 0.1) is 5.54 Å². The van der Waals surface area contributed by atoms with Crippen molar-refractivity contribution in [1.82, 2.24) is 5.32 Å². The fourth-order valence-corrected chi connectivity index (χ4v) is 4.17. The van der Waals surface area contributed by atoms with Crippen LogP contribution in [0.1, 0.15) is 30.6 Å². The first-order valence-corrected chi connectivity index (χ1v) is 8.46. The van der Waals surface area contributed by atoms with Gasteiger partial charge in [0.1, 0.15) is 0 Å². The Bertz CT molecular complexity index is 665. The fraction of sp³-hybridized carbons (Fsp3) is 0.312. The zero-order chi connectivity index (χ0) is 15.6. The first-order valence-electron chi connectivity index (χ1n) is 7.17. The molecule has 1 aromatic heterocycles. The molecule has 116 valence electrons. The molecule has 0 amide bonds. The lowest BCUT2D eigenvalue weighted by molar-refractivity contribution is 0.417. The summed E-state index contributed by atoms with van der Waals surface area (Å²) >= 11 is 7.07. The summed E-state index contributed by atoms with van der Waals surface area (Å²) in [7, 11) is 0. The number of benzene rings is 1. The molecule has 3 rings (SSSR count). The van der Waals surface area contributed by atoms with Gasteiger partial charge in [-0.05, 0) is 48.6 Å².